The zero-order valence-corrected chi connectivity index (χ0v) is 12.4. The average molecular weight is 301 g/mol. The first kappa shape index (κ1) is 12.9. The largest absolute Gasteiger partial charge is 0.504 e. The number of aliphatic hydroxyl groups excluding tert-OH is 1. The fourth-order valence-electron chi connectivity index (χ4n) is 5.29. The van der Waals surface area contributed by atoms with Gasteiger partial charge in [-0.25, -0.2) is 0 Å². The number of phenolic OH excluding ortho intramolecular Hbond substituents is 1. The van der Waals surface area contributed by atoms with Gasteiger partial charge in [0.05, 0.1) is 5.41 Å². The van der Waals surface area contributed by atoms with Gasteiger partial charge in [-0.15, -0.1) is 0 Å². The van der Waals surface area contributed by atoms with E-state index in [2.05, 4.69) is 4.90 Å². The van der Waals surface area contributed by atoms with Gasteiger partial charge in [-0.1, -0.05) is 18.2 Å². The number of ether oxygens (including phenoxy) is 1. The first-order valence-corrected chi connectivity index (χ1v) is 7.81. The van der Waals surface area contributed by atoms with Crippen molar-refractivity contribution in [2.75, 3.05) is 13.6 Å². The molecule has 116 valence electrons. The van der Waals surface area contributed by atoms with Crippen LogP contribution in [0.5, 0.6) is 11.5 Å². The van der Waals surface area contributed by atoms with Crippen molar-refractivity contribution in [3.05, 3.63) is 35.4 Å². The Morgan fingerprint density at radius 1 is 1.36 bits per heavy atom. The smallest absolute Gasteiger partial charge is 0.165 e. The van der Waals surface area contributed by atoms with E-state index in [0.29, 0.717) is 18.6 Å². The Morgan fingerprint density at radius 3 is 3.00 bits per heavy atom. The van der Waals surface area contributed by atoms with Crippen molar-refractivity contribution >= 4 is 0 Å². The van der Waals surface area contributed by atoms with E-state index >= 15 is 0 Å². The molecular formula is C17H19NO4. The first-order valence-electron chi connectivity index (χ1n) is 7.81. The SMILES string of the molecule is CN1CCC23c4c5ccc(O)c4O[C@H]2[C@@H](O)C=C[C@@]3(O)C1C5. The molecule has 3 N–H and O–H groups in total. The molecule has 22 heavy (non-hydrogen) atoms. The second kappa shape index (κ2) is 3.67. The number of hydrogen-bond acceptors (Lipinski definition) is 5. The highest BCUT2D eigenvalue weighted by molar-refractivity contribution is 5.63. The summed E-state index contributed by atoms with van der Waals surface area (Å²) in [7, 11) is 2.03. The van der Waals surface area contributed by atoms with Crippen LogP contribution in [0.1, 0.15) is 17.5 Å². The molecule has 1 saturated heterocycles. The van der Waals surface area contributed by atoms with Gasteiger partial charge in [0.1, 0.15) is 17.8 Å². The maximum atomic E-state index is 11.6. The first-order chi connectivity index (χ1) is 10.5. The van der Waals surface area contributed by atoms with E-state index in [9.17, 15) is 15.3 Å². The van der Waals surface area contributed by atoms with Crippen molar-refractivity contribution in [3.8, 4) is 11.5 Å². The minimum atomic E-state index is -1.07. The average Bonchev–Trinajstić information content (AvgIpc) is 2.85. The van der Waals surface area contributed by atoms with Crippen LogP contribution in [0.2, 0.25) is 0 Å². The molecule has 2 unspecified atom stereocenters. The van der Waals surface area contributed by atoms with E-state index in [0.717, 1.165) is 17.7 Å². The van der Waals surface area contributed by atoms with Crippen LogP contribution in [-0.2, 0) is 11.8 Å². The molecule has 5 heteroatoms. The molecule has 2 aliphatic heterocycles. The molecule has 0 amide bonds. The molecule has 2 heterocycles. The fourth-order valence-corrected chi connectivity index (χ4v) is 5.29. The van der Waals surface area contributed by atoms with Gasteiger partial charge in [-0.05, 0) is 38.1 Å². The number of benzene rings is 1. The van der Waals surface area contributed by atoms with Gasteiger partial charge < -0.3 is 20.1 Å². The Kier molecular flexibility index (Phi) is 2.16. The van der Waals surface area contributed by atoms with E-state index in [1.54, 1.807) is 18.2 Å². The number of rotatable bonds is 0. The minimum Gasteiger partial charge on any atom is -0.504 e. The van der Waals surface area contributed by atoms with Crippen LogP contribution >= 0.6 is 0 Å². The summed E-state index contributed by atoms with van der Waals surface area (Å²) in [4.78, 5) is 2.19. The van der Waals surface area contributed by atoms with Gasteiger partial charge >= 0.3 is 0 Å². The summed E-state index contributed by atoms with van der Waals surface area (Å²) in [5, 5.41) is 32.2. The molecule has 1 aromatic carbocycles. The van der Waals surface area contributed by atoms with Crippen molar-refractivity contribution in [1.82, 2.24) is 4.90 Å². The molecule has 1 fully saturated rings. The van der Waals surface area contributed by atoms with Gasteiger partial charge in [-0.3, -0.25) is 4.90 Å². The second-order valence-electron chi connectivity index (χ2n) is 7.08. The van der Waals surface area contributed by atoms with Crippen LogP contribution in [0.15, 0.2) is 24.3 Å². The van der Waals surface area contributed by atoms with Gasteiger partial charge in [0, 0.05) is 11.6 Å². The number of likely N-dealkylation sites (N-methyl/N-ethyl adjacent to an activating group) is 1. The summed E-state index contributed by atoms with van der Waals surface area (Å²) in [5.41, 5.74) is 0.280. The van der Waals surface area contributed by atoms with Gasteiger partial charge in [-0.2, -0.15) is 0 Å². The van der Waals surface area contributed by atoms with Crippen LogP contribution < -0.4 is 4.74 Å². The molecule has 0 saturated carbocycles. The Balaban J connectivity index is 1.89. The third-order valence-electron chi connectivity index (χ3n) is 6.28. The lowest BCUT2D eigenvalue weighted by atomic mass is 9.50. The summed E-state index contributed by atoms with van der Waals surface area (Å²) >= 11 is 0. The van der Waals surface area contributed by atoms with E-state index in [1.807, 2.05) is 13.1 Å². The molecule has 4 aliphatic rings. The molecule has 1 aromatic rings. The second-order valence-corrected chi connectivity index (χ2v) is 7.08. The normalized spacial score (nSPS) is 44.6. The lowest BCUT2D eigenvalue weighted by molar-refractivity contribution is -0.151. The Hall–Kier alpha value is -1.56. The summed E-state index contributed by atoms with van der Waals surface area (Å²) in [6.45, 7) is 0.835. The van der Waals surface area contributed by atoms with Crippen LogP contribution in [0.4, 0.5) is 0 Å². The highest BCUT2D eigenvalue weighted by atomic mass is 16.5. The zero-order chi connectivity index (χ0) is 15.3. The predicted molar refractivity (Wildman–Crippen MR) is 79.0 cm³/mol. The van der Waals surface area contributed by atoms with Crippen LogP contribution in [0.3, 0.4) is 0 Å². The molecule has 2 aliphatic carbocycles. The van der Waals surface area contributed by atoms with Gasteiger partial charge in [0.2, 0.25) is 0 Å². The number of likely N-dealkylation sites (tertiary alicyclic amines) is 1. The Labute approximate surface area is 128 Å². The number of nitrogens with zero attached hydrogens (tertiary/aromatic N) is 1. The summed E-state index contributed by atoms with van der Waals surface area (Å²) in [6, 6.07) is 3.54. The number of hydrogen-bond donors (Lipinski definition) is 3. The number of aliphatic hydroxyl groups is 2. The Bertz CT molecular complexity index is 717. The lowest BCUT2D eigenvalue weighted by Gasteiger charge is -2.61. The highest BCUT2D eigenvalue weighted by Crippen LogP contribution is 2.63. The molecule has 2 bridgehead atoms. The number of piperidine rings is 1. The maximum Gasteiger partial charge on any atom is 0.165 e. The fraction of sp³-hybridized carbons (Fsp3) is 0.529. The van der Waals surface area contributed by atoms with Crippen molar-refractivity contribution in [2.24, 2.45) is 0 Å². The van der Waals surface area contributed by atoms with Crippen molar-refractivity contribution in [1.29, 1.82) is 0 Å². The highest BCUT2D eigenvalue weighted by Gasteiger charge is 2.71. The van der Waals surface area contributed by atoms with Gasteiger partial charge in [0.15, 0.2) is 11.5 Å². The monoisotopic (exact) mass is 301 g/mol. The molecule has 5 rings (SSSR count). The van der Waals surface area contributed by atoms with Crippen LogP contribution in [0, 0.1) is 0 Å². The molecule has 0 aromatic heterocycles. The topological polar surface area (TPSA) is 73.2 Å². The van der Waals surface area contributed by atoms with E-state index in [-0.39, 0.29) is 11.8 Å². The third-order valence-corrected chi connectivity index (χ3v) is 6.28. The molecular weight excluding hydrogens is 282 g/mol. The third kappa shape index (κ3) is 1.13. The van der Waals surface area contributed by atoms with Crippen molar-refractivity contribution in [2.45, 2.75) is 42.1 Å². The number of aromatic hydroxyl groups is 1. The summed E-state index contributed by atoms with van der Waals surface area (Å²) in [6.07, 6.45) is 3.51. The zero-order valence-electron chi connectivity index (χ0n) is 12.4. The molecule has 1 spiro atoms. The van der Waals surface area contributed by atoms with Crippen LogP contribution in [-0.4, -0.2) is 57.7 Å². The standard InChI is InChI=1S/C17H19NO4/c1-18-7-6-16-13-9-2-3-10(19)14(13)22-15(16)11(20)4-5-17(16,21)12(18)8-9/h2-5,11-12,15,19-21H,6-8H2,1H3/t11-,12?,15-,16?,17+/m0/s1. The van der Waals surface area contributed by atoms with Crippen molar-refractivity contribution < 1.29 is 20.1 Å². The molecule has 0 radical (unpaired) electrons. The Morgan fingerprint density at radius 2 is 2.18 bits per heavy atom. The van der Waals surface area contributed by atoms with E-state index < -0.39 is 23.2 Å². The quantitative estimate of drug-likeness (QED) is 0.602. The predicted octanol–water partition coefficient (Wildman–Crippen LogP) is 0.313. The van der Waals surface area contributed by atoms with Gasteiger partial charge in [0.25, 0.3) is 0 Å². The van der Waals surface area contributed by atoms with Crippen molar-refractivity contribution in [3.63, 3.8) is 0 Å². The summed E-state index contributed by atoms with van der Waals surface area (Å²) in [5.74, 6) is 0.543. The van der Waals surface area contributed by atoms with E-state index in [1.165, 1.54) is 0 Å². The van der Waals surface area contributed by atoms with Crippen LogP contribution in [0.25, 0.3) is 0 Å². The minimum absolute atomic E-state index is 0.0425. The molecule has 5 nitrogen and oxygen atoms in total. The molecule has 5 atom stereocenters. The lowest BCUT2D eigenvalue weighted by Crippen LogP contribution is -2.75. The maximum absolute atomic E-state index is 11.6. The summed E-state index contributed by atoms with van der Waals surface area (Å²) < 4.78 is 5.99. The van der Waals surface area contributed by atoms with E-state index in [4.69, 9.17) is 4.74 Å². The number of phenols is 1.